The maximum Gasteiger partial charge on any atom is 0.335 e. The predicted molar refractivity (Wildman–Crippen MR) is 114 cm³/mol. The van der Waals surface area contributed by atoms with Crippen molar-refractivity contribution < 1.29 is 24.4 Å². The van der Waals surface area contributed by atoms with Crippen LogP contribution in [0.4, 0.5) is 11.4 Å². The molecule has 1 heterocycles. The number of amidine groups is 1. The van der Waals surface area contributed by atoms with E-state index in [2.05, 4.69) is 10.2 Å². The summed E-state index contributed by atoms with van der Waals surface area (Å²) in [6.07, 6.45) is 1.17. The van der Waals surface area contributed by atoms with Gasteiger partial charge in [-0.3, -0.25) is 19.7 Å². The quantitative estimate of drug-likeness (QED) is 0.225. The number of nitrogens with zero attached hydrogens (tertiary/aromatic N) is 4. The topological polar surface area (TPSA) is 169 Å². The molecule has 3 rings (SSSR count). The Balaban J connectivity index is 1.66. The van der Waals surface area contributed by atoms with Gasteiger partial charge >= 0.3 is 5.97 Å². The number of thioether (sulfide) groups is 1. The zero-order valence-corrected chi connectivity index (χ0v) is 16.6. The number of carboxylic acid groups (broad SMARTS) is 1. The van der Waals surface area contributed by atoms with E-state index in [1.165, 1.54) is 48.7 Å². The fraction of sp³-hybridized carbons (Fsp3) is 0.105. The minimum absolute atomic E-state index is 0.0340. The number of nitro benzene ring substituents is 1. The van der Waals surface area contributed by atoms with Crippen LogP contribution in [-0.4, -0.2) is 44.4 Å². The molecule has 2 amide bonds. The van der Waals surface area contributed by atoms with Crippen molar-refractivity contribution >= 4 is 52.3 Å². The Morgan fingerprint density at radius 1 is 1.26 bits per heavy atom. The monoisotopic (exact) mass is 441 g/mol. The van der Waals surface area contributed by atoms with Gasteiger partial charge in [-0.05, 0) is 24.3 Å². The molecule has 0 bridgehead atoms. The van der Waals surface area contributed by atoms with Crippen molar-refractivity contribution in [2.24, 2.45) is 15.9 Å². The van der Waals surface area contributed by atoms with Crippen LogP contribution in [0.25, 0.3) is 0 Å². The number of amides is 2. The number of nitro groups is 1. The van der Waals surface area contributed by atoms with Gasteiger partial charge in [0.25, 0.3) is 5.69 Å². The van der Waals surface area contributed by atoms with Crippen molar-refractivity contribution in [1.29, 1.82) is 0 Å². The molecule has 1 fully saturated rings. The van der Waals surface area contributed by atoms with Crippen molar-refractivity contribution in [3.05, 3.63) is 69.8 Å². The molecule has 0 saturated carbocycles. The van der Waals surface area contributed by atoms with Gasteiger partial charge in [0, 0.05) is 24.1 Å². The van der Waals surface area contributed by atoms with Crippen molar-refractivity contribution in [2.45, 2.75) is 11.7 Å². The number of anilines is 1. The molecule has 1 aliphatic rings. The number of rotatable bonds is 6. The molecule has 1 atom stereocenters. The molecular weight excluding hydrogens is 426 g/mol. The summed E-state index contributed by atoms with van der Waals surface area (Å²) in [5.41, 5.74) is 6.43. The standard InChI is InChI=1S/C19H15N5O6S/c20-19(22-21-10-11-2-1-3-14(8-11)24(29)30)31-15-9-16(25)23(17(15)26)13-6-4-12(5-7-13)18(27)28/h1-8,10,15H,9H2,(H2,20,22)(H,27,28)/b21-10-/t15-/m0/s1. The second-order valence-electron chi connectivity index (χ2n) is 6.26. The third kappa shape index (κ3) is 5.11. The lowest BCUT2D eigenvalue weighted by Gasteiger charge is -2.14. The molecular formula is C19H15N5O6S. The van der Waals surface area contributed by atoms with Crippen LogP contribution in [0.1, 0.15) is 22.3 Å². The van der Waals surface area contributed by atoms with Gasteiger partial charge in [0.05, 0.1) is 22.4 Å². The SMILES string of the molecule is NC(=N/N=C\c1cccc([N+](=O)[O-])c1)S[C@H]1CC(=O)N(c2ccc(C(=O)O)cc2)C1=O. The zero-order chi connectivity index (χ0) is 22.5. The Labute approximate surface area is 179 Å². The summed E-state index contributed by atoms with van der Waals surface area (Å²) in [6.45, 7) is 0. The molecule has 0 radical (unpaired) electrons. The molecule has 31 heavy (non-hydrogen) atoms. The number of benzene rings is 2. The highest BCUT2D eigenvalue weighted by Gasteiger charge is 2.40. The first kappa shape index (κ1) is 21.6. The average molecular weight is 441 g/mol. The fourth-order valence-corrected chi connectivity index (χ4v) is 3.58. The molecule has 1 aliphatic heterocycles. The van der Waals surface area contributed by atoms with E-state index in [1.807, 2.05) is 0 Å². The average Bonchev–Trinajstić information content (AvgIpc) is 3.01. The summed E-state index contributed by atoms with van der Waals surface area (Å²) >= 11 is 0.868. The maximum absolute atomic E-state index is 12.6. The van der Waals surface area contributed by atoms with Crippen LogP contribution in [0, 0.1) is 10.1 Å². The molecule has 3 N–H and O–H groups in total. The summed E-state index contributed by atoms with van der Waals surface area (Å²) in [4.78, 5) is 47.1. The Kier molecular flexibility index (Phi) is 6.40. The number of hydrogen-bond acceptors (Lipinski definition) is 8. The normalized spacial score (nSPS) is 16.8. The van der Waals surface area contributed by atoms with Crippen LogP contribution < -0.4 is 10.6 Å². The highest BCUT2D eigenvalue weighted by atomic mass is 32.2. The minimum atomic E-state index is -1.12. The largest absolute Gasteiger partial charge is 0.478 e. The van der Waals surface area contributed by atoms with Gasteiger partial charge in [-0.1, -0.05) is 23.9 Å². The van der Waals surface area contributed by atoms with Crippen LogP contribution in [0.15, 0.2) is 58.7 Å². The molecule has 0 unspecified atom stereocenters. The number of aromatic carboxylic acids is 1. The molecule has 0 spiro atoms. The number of imide groups is 1. The van der Waals surface area contributed by atoms with Gasteiger partial charge in [0.2, 0.25) is 11.8 Å². The lowest BCUT2D eigenvalue weighted by molar-refractivity contribution is -0.384. The number of carbonyl (C=O) groups is 3. The molecule has 0 aromatic heterocycles. The van der Waals surface area contributed by atoms with E-state index in [-0.39, 0.29) is 28.5 Å². The zero-order valence-electron chi connectivity index (χ0n) is 15.7. The number of non-ortho nitro benzene ring substituents is 1. The highest BCUT2D eigenvalue weighted by Crippen LogP contribution is 2.30. The number of carboxylic acids is 1. The third-order valence-corrected chi connectivity index (χ3v) is 5.16. The van der Waals surface area contributed by atoms with E-state index >= 15 is 0 Å². The summed E-state index contributed by atoms with van der Waals surface area (Å²) in [7, 11) is 0. The summed E-state index contributed by atoms with van der Waals surface area (Å²) in [5, 5.41) is 26.4. The molecule has 158 valence electrons. The number of nitrogens with two attached hydrogens (primary N) is 1. The van der Waals surface area contributed by atoms with Gasteiger partial charge in [-0.25, -0.2) is 9.69 Å². The van der Waals surface area contributed by atoms with Gasteiger partial charge < -0.3 is 10.8 Å². The number of carbonyl (C=O) groups excluding carboxylic acids is 2. The van der Waals surface area contributed by atoms with Crippen molar-refractivity contribution in [1.82, 2.24) is 0 Å². The third-order valence-electron chi connectivity index (χ3n) is 4.18. The predicted octanol–water partition coefficient (Wildman–Crippen LogP) is 2.01. The van der Waals surface area contributed by atoms with Crippen LogP contribution in [0.3, 0.4) is 0 Å². The molecule has 11 nitrogen and oxygen atoms in total. The van der Waals surface area contributed by atoms with Crippen molar-refractivity contribution in [3.63, 3.8) is 0 Å². The Morgan fingerprint density at radius 3 is 2.61 bits per heavy atom. The Bertz CT molecular complexity index is 1120. The van der Waals surface area contributed by atoms with E-state index in [4.69, 9.17) is 10.8 Å². The fourth-order valence-electron chi connectivity index (χ4n) is 2.76. The first-order valence-electron chi connectivity index (χ1n) is 8.74. The maximum atomic E-state index is 12.6. The molecule has 1 saturated heterocycles. The molecule has 2 aromatic carbocycles. The Morgan fingerprint density at radius 2 is 1.97 bits per heavy atom. The van der Waals surface area contributed by atoms with E-state index in [0.717, 1.165) is 16.7 Å². The van der Waals surface area contributed by atoms with Gasteiger partial charge in [-0.15, -0.1) is 5.10 Å². The highest BCUT2D eigenvalue weighted by molar-refractivity contribution is 8.14. The minimum Gasteiger partial charge on any atom is -0.478 e. The van der Waals surface area contributed by atoms with Gasteiger partial charge in [-0.2, -0.15) is 5.10 Å². The molecule has 2 aromatic rings. The summed E-state index contributed by atoms with van der Waals surface area (Å²) < 4.78 is 0. The van der Waals surface area contributed by atoms with E-state index < -0.39 is 28.0 Å². The smallest absolute Gasteiger partial charge is 0.335 e. The van der Waals surface area contributed by atoms with Gasteiger partial charge in [0.1, 0.15) is 5.25 Å². The van der Waals surface area contributed by atoms with Crippen LogP contribution >= 0.6 is 11.8 Å². The van der Waals surface area contributed by atoms with Gasteiger partial charge in [0.15, 0.2) is 5.17 Å². The lowest BCUT2D eigenvalue weighted by atomic mass is 10.2. The molecule has 0 aliphatic carbocycles. The summed E-state index contributed by atoms with van der Waals surface area (Å²) in [5.74, 6) is -2.06. The Hall–Kier alpha value is -4.06. The van der Waals surface area contributed by atoms with Crippen LogP contribution in [0.2, 0.25) is 0 Å². The van der Waals surface area contributed by atoms with Crippen molar-refractivity contribution in [2.75, 3.05) is 4.90 Å². The second-order valence-corrected chi connectivity index (χ2v) is 7.49. The lowest BCUT2D eigenvalue weighted by Crippen LogP contribution is -2.31. The summed E-state index contributed by atoms with van der Waals surface area (Å²) in [6, 6.07) is 11.1. The van der Waals surface area contributed by atoms with Crippen LogP contribution in [-0.2, 0) is 9.59 Å². The molecule has 12 heteroatoms. The van der Waals surface area contributed by atoms with E-state index in [9.17, 15) is 24.5 Å². The number of hydrogen-bond donors (Lipinski definition) is 2. The first-order chi connectivity index (χ1) is 14.8. The van der Waals surface area contributed by atoms with Crippen LogP contribution in [0.5, 0.6) is 0 Å². The van der Waals surface area contributed by atoms with E-state index in [1.54, 1.807) is 6.07 Å². The van der Waals surface area contributed by atoms with E-state index in [0.29, 0.717) is 5.56 Å². The second kappa shape index (κ2) is 9.17. The van der Waals surface area contributed by atoms with Crippen molar-refractivity contribution in [3.8, 4) is 0 Å². The first-order valence-corrected chi connectivity index (χ1v) is 9.62.